The Labute approximate surface area is 144 Å². The highest BCUT2D eigenvalue weighted by atomic mass is 16.4. The Balaban J connectivity index is 1.67. The number of nitrogens with one attached hydrogen (secondary N) is 1. The van der Waals surface area contributed by atoms with Crippen molar-refractivity contribution in [3.63, 3.8) is 0 Å². The predicted molar refractivity (Wildman–Crippen MR) is 89.3 cm³/mol. The van der Waals surface area contributed by atoms with Crippen LogP contribution in [0, 0.1) is 0 Å². The quantitative estimate of drug-likeness (QED) is 0.870. The number of likely N-dealkylation sites (tertiary alicyclic amines) is 1. The first kappa shape index (κ1) is 16.8. The van der Waals surface area contributed by atoms with Gasteiger partial charge in [0.05, 0.1) is 0 Å². The molecule has 2 N–H and O–H groups in total. The minimum atomic E-state index is -1.23. The Morgan fingerprint density at radius 1 is 1.16 bits per heavy atom. The second-order valence-corrected chi connectivity index (χ2v) is 5.90. The molecule has 3 rings (SSSR count). The molecule has 2 amide bonds. The Morgan fingerprint density at radius 3 is 2.68 bits per heavy atom. The van der Waals surface area contributed by atoms with E-state index in [1.807, 2.05) is 11.0 Å². The average Bonchev–Trinajstić information content (AvgIpc) is 3.08. The van der Waals surface area contributed by atoms with E-state index in [4.69, 9.17) is 9.52 Å². The molecular weight excluding hydrogens is 324 g/mol. The summed E-state index contributed by atoms with van der Waals surface area (Å²) >= 11 is 0. The Morgan fingerprint density at radius 2 is 1.96 bits per heavy atom. The molecule has 7 heteroatoms. The van der Waals surface area contributed by atoms with Gasteiger partial charge in [-0.05, 0) is 42.7 Å². The summed E-state index contributed by atoms with van der Waals surface area (Å²) in [7, 11) is 0. The van der Waals surface area contributed by atoms with Gasteiger partial charge >= 0.3 is 5.97 Å². The largest absolute Gasteiger partial charge is 0.475 e. The third-order valence-electron chi connectivity index (χ3n) is 4.02. The van der Waals surface area contributed by atoms with E-state index in [1.54, 1.807) is 18.2 Å². The van der Waals surface area contributed by atoms with Crippen molar-refractivity contribution < 1.29 is 23.9 Å². The van der Waals surface area contributed by atoms with Gasteiger partial charge in [0.15, 0.2) is 5.76 Å². The molecule has 1 aliphatic rings. The number of hydrogen-bond donors (Lipinski definition) is 2. The number of aromatic carboxylic acids is 1. The Bertz CT molecular complexity index is 811. The molecule has 1 fully saturated rings. The average molecular weight is 342 g/mol. The van der Waals surface area contributed by atoms with E-state index >= 15 is 0 Å². The fourth-order valence-corrected chi connectivity index (χ4v) is 2.76. The van der Waals surface area contributed by atoms with Crippen LogP contribution in [0.2, 0.25) is 0 Å². The number of hydrogen-bond acceptors (Lipinski definition) is 4. The number of piperidine rings is 1. The maximum absolute atomic E-state index is 12.1. The molecule has 0 bridgehead atoms. The summed E-state index contributed by atoms with van der Waals surface area (Å²) in [6.45, 7) is 1.26. The highest BCUT2D eigenvalue weighted by molar-refractivity contribution is 6.03. The summed E-state index contributed by atoms with van der Waals surface area (Å²) in [5.74, 6) is -1.97. The van der Waals surface area contributed by atoms with E-state index in [9.17, 15) is 14.4 Å². The zero-order chi connectivity index (χ0) is 17.8. The van der Waals surface area contributed by atoms with E-state index < -0.39 is 11.9 Å². The topological polar surface area (TPSA) is 99.8 Å². The second-order valence-electron chi connectivity index (χ2n) is 5.90. The molecule has 1 saturated heterocycles. The monoisotopic (exact) mass is 342 g/mol. The van der Waals surface area contributed by atoms with Crippen LogP contribution in [-0.4, -0.2) is 34.3 Å². The van der Waals surface area contributed by atoms with Crippen LogP contribution in [0.25, 0.3) is 0 Å². The Hall–Kier alpha value is -3.09. The number of nitrogens with zero attached hydrogens (tertiary/aromatic N) is 1. The van der Waals surface area contributed by atoms with Crippen molar-refractivity contribution in [2.24, 2.45) is 0 Å². The van der Waals surface area contributed by atoms with E-state index in [0.717, 1.165) is 24.9 Å². The second kappa shape index (κ2) is 7.21. The van der Waals surface area contributed by atoms with Gasteiger partial charge in [-0.15, -0.1) is 0 Å². The lowest BCUT2D eigenvalue weighted by atomic mass is 10.1. The summed E-state index contributed by atoms with van der Waals surface area (Å²) in [4.78, 5) is 36.7. The normalized spacial score (nSPS) is 14.4. The molecule has 130 valence electrons. The minimum Gasteiger partial charge on any atom is -0.475 e. The molecule has 25 heavy (non-hydrogen) atoms. The van der Waals surface area contributed by atoms with Crippen molar-refractivity contribution in [2.45, 2.75) is 25.8 Å². The van der Waals surface area contributed by atoms with Crippen molar-refractivity contribution in [1.29, 1.82) is 0 Å². The first-order valence-corrected chi connectivity index (χ1v) is 8.04. The van der Waals surface area contributed by atoms with E-state index in [2.05, 4.69) is 5.32 Å². The molecule has 7 nitrogen and oxygen atoms in total. The van der Waals surface area contributed by atoms with Crippen molar-refractivity contribution in [3.8, 4) is 0 Å². The highest BCUT2D eigenvalue weighted by Crippen LogP contribution is 2.18. The van der Waals surface area contributed by atoms with E-state index in [-0.39, 0.29) is 17.4 Å². The third kappa shape index (κ3) is 4.06. The molecule has 1 aliphatic heterocycles. The summed E-state index contributed by atoms with van der Waals surface area (Å²) in [5.41, 5.74) is 1.47. The first-order valence-electron chi connectivity index (χ1n) is 8.04. The third-order valence-corrected chi connectivity index (χ3v) is 4.02. The van der Waals surface area contributed by atoms with Crippen molar-refractivity contribution in [2.75, 3.05) is 11.9 Å². The maximum Gasteiger partial charge on any atom is 0.371 e. The minimum absolute atomic E-state index is 0.0750. The number of rotatable bonds is 5. The molecule has 0 saturated carbocycles. The number of amides is 2. The highest BCUT2D eigenvalue weighted by Gasteiger charge is 2.18. The van der Waals surface area contributed by atoms with Crippen molar-refractivity contribution in [1.82, 2.24) is 4.90 Å². The molecule has 2 aromatic rings. The maximum atomic E-state index is 12.1. The first-order chi connectivity index (χ1) is 12.0. The van der Waals surface area contributed by atoms with Gasteiger partial charge in [-0.1, -0.05) is 12.1 Å². The lowest BCUT2D eigenvalue weighted by molar-refractivity contribution is -0.133. The van der Waals surface area contributed by atoms with Crippen LogP contribution in [0.1, 0.15) is 45.9 Å². The lowest BCUT2D eigenvalue weighted by Crippen LogP contribution is -2.34. The number of carboxylic acids is 1. The molecule has 1 aromatic carbocycles. The molecule has 0 spiro atoms. The van der Waals surface area contributed by atoms with Crippen LogP contribution in [0.4, 0.5) is 5.69 Å². The molecule has 1 aromatic heterocycles. The summed E-state index contributed by atoms with van der Waals surface area (Å²) in [5, 5.41) is 11.5. The molecule has 0 aliphatic carbocycles. The zero-order valence-electron chi connectivity index (χ0n) is 13.5. The van der Waals surface area contributed by atoms with Gasteiger partial charge < -0.3 is 19.7 Å². The number of anilines is 1. The van der Waals surface area contributed by atoms with E-state index in [1.165, 1.54) is 12.1 Å². The van der Waals surface area contributed by atoms with Gasteiger partial charge in [0.1, 0.15) is 0 Å². The van der Waals surface area contributed by atoms with Gasteiger partial charge in [0.25, 0.3) is 5.91 Å². The van der Waals surface area contributed by atoms with Crippen molar-refractivity contribution in [3.05, 3.63) is 53.5 Å². The number of furan rings is 1. The fraction of sp³-hybridized carbons (Fsp3) is 0.278. The van der Waals surface area contributed by atoms with Gasteiger partial charge in [-0.25, -0.2) is 4.79 Å². The van der Waals surface area contributed by atoms with Gasteiger partial charge in [-0.3, -0.25) is 9.59 Å². The van der Waals surface area contributed by atoms with Crippen LogP contribution in [-0.2, 0) is 11.3 Å². The fourth-order valence-electron chi connectivity index (χ4n) is 2.76. The number of carbonyl (C=O) groups is 3. The Kier molecular flexibility index (Phi) is 4.83. The molecule has 0 unspecified atom stereocenters. The van der Waals surface area contributed by atoms with Gasteiger partial charge in [-0.2, -0.15) is 0 Å². The number of benzene rings is 1. The van der Waals surface area contributed by atoms with Crippen molar-refractivity contribution >= 4 is 23.5 Å². The summed E-state index contributed by atoms with van der Waals surface area (Å²) in [6, 6.07) is 9.75. The summed E-state index contributed by atoms with van der Waals surface area (Å²) < 4.78 is 4.98. The van der Waals surface area contributed by atoms with Crippen LogP contribution in [0.5, 0.6) is 0 Å². The van der Waals surface area contributed by atoms with Crippen LogP contribution >= 0.6 is 0 Å². The number of carboxylic acid groups (broad SMARTS) is 1. The smallest absolute Gasteiger partial charge is 0.371 e. The van der Waals surface area contributed by atoms with Crippen LogP contribution < -0.4 is 5.32 Å². The molecule has 2 heterocycles. The van der Waals surface area contributed by atoms with Gasteiger partial charge in [0, 0.05) is 25.2 Å². The van der Waals surface area contributed by atoms with Crippen LogP contribution in [0.3, 0.4) is 0 Å². The van der Waals surface area contributed by atoms with E-state index in [0.29, 0.717) is 18.7 Å². The number of carbonyl (C=O) groups excluding carboxylic acids is 2. The molecule has 0 radical (unpaired) electrons. The zero-order valence-corrected chi connectivity index (χ0v) is 13.5. The molecule has 0 atom stereocenters. The molecular formula is C18H18N2O5. The standard InChI is InChI=1S/C18H18N2O5/c21-16-6-1-2-9-20(16)11-12-4-3-5-13(10-12)19-17(22)14-7-8-15(25-14)18(23)24/h3-5,7-8,10H,1-2,6,9,11H2,(H,19,22)(H,23,24). The summed E-state index contributed by atoms with van der Waals surface area (Å²) in [6.07, 6.45) is 2.53. The van der Waals surface area contributed by atoms with Gasteiger partial charge in [0.2, 0.25) is 11.7 Å². The lowest BCUT2D eigenvalue weighted by Gasteiger charge is -2.26. The predicted octanol–water partition coefficient (Wildman–Crippen LogP) is 2.74. The van der Waals surface area contributed by atoms with Crippen LogP contribution in [0.15, 0.2) is 40.8 Å². The SMILES string of the molecule is O=C(O)c1ccc(C(=O)Nc2cccc(CN3CCCCC3=O)c2)o1.